The molecule has 1 aromatic heterocycles. The number of ether oxygens (including phenoxy) is 1. The number of piperazine rings is 1. The van der Waals surface area contributed by atoms with Crippen LogP contribution < -0.4 is 0 Å². The maximum absolute atomic E-state index is 12.9. The maximum atomic E-state index is 12.9. The van der Waals surface area contributed by atoms with E-state index in [4.69, 9.17) is 27.9 Å². The Labute approximate surface area is 231 Å². The van der Waals surface area contributed by atoms with E-state index >= 15 is 0 Å². The van der Waals surface area contributed by atoms with Crippen molar-refractivity contribution in [1.82, 2.24) is 14.4 Å². The second kappa shape index (κ2) is 9.93. The molecule has 2 fully saturated rings. The van der Waals surface area contributed by atoms with Gasteiger partial charge in [0.15, 0.2) is 0 Å². The van der Waals surface area contributed by atoms with E-state index in [2.05, 4.69) is 28.8 Å². The summed E-state index contributed by atoms with van der Waals surface area (Å²) in [4.78, 5) is 30.9. The van der Waals surface area contributed by atoms with Gasteiger partial charge in [-0.15, -0.1) is 0 Å². The SMILES string of the molecule is Cn1ccc2cc(Sc3ccc(C=CC(=O)N4CC5CC4CN5C(=O)OC(C)(C)C)c(Cl)c3Cl)ccc21. The Morgan fingerprint density at radius 3 is 2.46 bits per heavy atom. The summed E-state index contributed by atoms with van der Waals surface area (Å²) in [5, 5.41) is 2.04. The molecule has 0 radical (unpaired) electrons. The van der Waals surface area contributed by atoms with Crippen molar-refractivity contribution < 1.29 is 14.3 Å². The molecule has 0 saturated carbocycles. The minimum absolute atomic E-state index is 0.00513. The average Bonchev–Trinajstić information content (AvgIpc) is 3.55. The lowest BCUT2D eigenvalue weighted by molar-refractivity contribution is -0.128. The van der Waals surface area contributed by atoms with Crippen LogP contribution in [0.25, 0.3) is 17.0 Å². The van der Waals surface area contributed by atoms with Crippen LogP contribution in [0.1, 0.15) is 32.8 Å². The Kier molecular flexibility index (Phi) is 6.98. The fourth-order valence-corrected chi connectivity index (χ4v) is 6.42. The molecule has 3 heterocycles. The summed E-state index contributed by atoms with van der Waals surface area (Å²) in [5.74, 6) is -0.0989. The highest BCUT2D eigenvalue weighted by Gasteiger charge is 2.47. The highest BCUT2D eigenvalue weighted by molar-refractivity contribution is 7.99. The number of likely N-dealkylation sites (tertiary alicyclic amines) is 2. The standard InChI is InChI=1S/C28H29Cl2N3O3S/c1-28(2,3)36-27(35)33-16-19-14-20(33)15-32(19)24(34)10-6-17-5-9-23(26(30)25(17)29)37-21-7-8-22-18(13-21)11-12-31(22)4/h5-13,19-20H,14-16H2,1-4H3. The molecule has 6 nitrogen and oxygen atoms in total. The van der Waals surface area contributed by atoms with Gasteiger partial charge in [-0.1, -0.05) is 41.0 Å². The van der Waals surface area contributed by atoms with Crippen LogP contribution in [0, 0.1) is 0 Å². The molecule has 2 saturated heterocycles. The Hall–Kier alpha value is -2.61. The molecule has 2 bridgehead atoms. The number of amides is 2. The fraction of sp³-hybridized carbons (Fsp3) is 0.357. The Bertz CT molecular complexity index is 1410. The zero-order valence-electron chi connectivity index (χ0n) is 21.2. The topological polar surface area (TPSA) is 54.8 Å². The number of rotatable bonds is 4. The van der Waals surface area contributed by atoms with E-state index < -0.39 is 5.60 Å². The number of aryl methyl sites for hydroxylation is 1. The number of fused-ring (bicyclic) bond motifs is 3. The van der Waals surface area contributed by atoms with Crippen LogP contribution in [0.5, 0.6) is 0 Å². The summed E-state index contributed by atoms with van der Waals surface area (Å²) in [6.07, 6.45) is 5.73. The third-order valence-corrected chi connectivity index (χ3v) is 8.78. The zero-order chi connectivity index (χ0) is 26.5. The molecule has 2 amide bonds. The Morgan fingerprint density at radius 1 is 1.03 bits per heavy atom. The number of carbonyl (C=O) groups is 2. The Morgan fingerprint density at radius 2 is 1.76 bits per heavy atom. The van der Waals surface area contributed by atoms with E-state index in [0.29, 0.717) is 28.7 Å². The number of carbonyl (C=O) groups excluding carboxylic acids is 2. The molecule has 9 heteroatoms. The molecule has 2 aliphatic rings. The van der Waals surface area contributed by atoms with Crippen molar-refractivity contribution in [3.63, 3.8) is 0 Å². The third kappa shape index (κ3) is 5.35. The van der Waals surface area contributed by atoms with Crippen molar-refractivity contribution in [2.24, 2.45) is 7.05 Å². The summed E-state index contributed by atoms with van der Waals surface area (Å²) in [6.45, 7) is 6.55. The molecule has 3 aromatic rings. The number of nitrogens with zero attached hydrogens (tertiary/aromatic N) is 3. The quantitative estimate of drug-likeness (QED) is 0.328. The van der Waals surface area contributed by atoms with E-state index in [0.717, 1.165) is 21.6 Å². The normalized spacial score (nSPS) is 19.4. The highest BCUT2D eigenvalue weighted by Crippen LogP contribution is 2.40. The van der Waals surface area contributed by atoms with Gasteiger partial charge in [-0.05, 0) is 69.2 Å². The summed E-state index contributed by atoms with van der Waals surface area (Å²) >= 11 is 14.8. The largest absolute Gasteiger partial charge is 0.444 e. The van der Waals surface area contributed by atoms with Gasteiger partial charge in [0, 0.05) is 53.1 Å². The van der Waals surface area contributed by atoms with Gasteiger partial charge in [0.25, 0.3) is 0 Å². The lowest BCUT2D eigenvalue weighted by atomic mass is 10.2. The molecule has 0 spiro atoms. The lowest BCUT2D eigenvalue weighted by Crippen LogP contribution is -2.51. The minimum atomic E-state index is -0.540. The second-order valence-corrected chi connectivity index (χ2v) is 12.4. The first-order chi connectivity index (χ1) is 17.5. The predicted molar refractivity (Wildman–Crippen MR) is 149 cm³/mol. The molecule has 2 aromatic carbocycles. The average molecular weight is 559 g/mol. The Balaban J connectivity index is 1.23. The van der Waals surface area contributed by atoms with E-state index in [9.17, 15) is 9.59 Å². The van der Waals surface area contributed by atoms with Crippen LogP contribution in [-0.2, 0) is 16.6 Å². The summed E-state index contributed by atoms with van der Waals surface area (Å²) in [6, 6.07) is 12.2. The van der Waals surface area contributed by atoms with E-state index in [1.54, 1.807) is 22.7 Å². The van der Waals surface area contributed by atoms with Crippen LogP contribution in [-0.4, -0.2) is 57.1 Å². The molecule has 0 N–H and O–H groups in total. The molecule has 5 rings (SSSR count). The van der Waals surface area contributed by atoms with Crippen molar-refractivity contribution in [1.29, 1.82) is 0 Å². The predicted octanol–water partition coefficient (Wildman–Crippen LogP) is 6.87. The van der Waals surface area contributed by atoms with E-state index in [1.807, 2.05) is 51.0 Å². The third-order valence-electron chi connectivity index (χ3n) is 6.72. The molecule has 194 valence electrons. The van der Waals surface area contributed by atoms with Crippen molar-refractivity contribution >= 4 is 63.9 Å². The van der Waals surface area contributed by atoms with Crippen LogP contribution in [0.4, 0.5) is 4.79 Å². The first-order valence-electron chi connectivity index (χ1n) is 12.2. The van der Waals surface area contributed by atoms with Gasteiger partial charge in [-0.3, -0.25) is 4.79 Å². The second-order valence-electron chi connectivity index (χ2n) is 10.5. The van der Waals surface area contributed by atoms with Crippen molar-refractivity contribution in [3.8, 4) is 0 Å². The molecule has 2 unspecified atom stereocenters. The fourth-order valence-electron chi connectivity index (χ4n) is 4.94. The smallest absolute Gasteiger partial charge is 0.410 e. The first kappa shape index (κ1) is 26.0. The number of aromatic nitrogens is 1. The van der Waals surface area contributed by atoms with Crippen LogP contribution >= 0.6 is 35.0 Å². The molecule has 0 aliphatic carbocycles. The van der Waals surface area contributed by atoms with Gasteiger partial charge in [0.1, 0.15) is 5.60 Å². The summed E-state index contributed by atoms with van der Waals surface area (Å²) < 4.78 is 7.59. The molecule has 2 aliphatic heterocycles. The summed E-state index contributed by atoms with van der Waals surface area (Å²) in [7, 11) is 2.02. The van der Waals surface area contributed by atoms with Crippen LogP contribution in [0.15, 0.2) is 58.5 Å². The van der Waals surface area contributed by atoms with Gasteiger partial charge >= 0.3 is 6.09 Å². The highest BCUT2D eigenvalue weighted by atomic mass is 35.5. The van der Waals surface area contributed by atoms with E-state index in [1.165, 1.54) is 11.6 Å². The zero-order valence-corrected chi connectivity index (χ0v) is 23.5. The molecular formula is C28H29Cl2N3O3S. The lowest BCUT2D eigenvalue weighted by Gasteiger charge is -2.34. The van der Waals surface area contributed by atoms with Gasteiger partial charge in [-0.2, -0.15) is 0 Å². The van der Waals surface area contributed by atoms with Crippen molar-refractivity contribution in [2.75, 3.05) is 13.1 Å². The number of benzene rings is 2. The number of hydrogen-bond acceptors (Lipinski definition) is 4. The minimum Gasteiger partial charge on any atom is -0.444 e. The van der Waals surface area contributed by atoms with Crippen LogP contribution in [0.3, 0.4) is 0 Å². The summed E-state index contributed by atoms with van der Waals surface area (Å²) in [5.41, 5.74) is 1.31. The number of hydrogen-bond donors (Lipinski definition) is 0. The molecule has 2 atom stereocenters. The van der Waals surface area contributed by atoms with Gasteiger partial charge < -0.3 is 19.1 Å². The van der Waals surface area contributed by atoms with Gasteiger partial charge in [0.05, 0.1) is 22.1 Å². The van der Waals surface area contributed by atoms with Gasteiger partial charge in [-0.25, -0.2) is 4.79 Å². The number of halogens is 2. The molecular weight excluding hydrogens is 529 g/mol. The van der Waals surface area contributed by atoms with Crippen molar-refractivity contribution in [3.05, 3.63) is 64.3 Å². The monoisotopic (exact) mass is 557 g/mol. The molecule has 37 heavy (non-hydrogen) atoms. The van der Waals surface area contributed by atoms with Gasteiger partial charge in [0.2, 0.25) is 5.91 Å². The maximum Gasteiger partial charge on any atom is 0.410 e. The van der Waals surface area contributed by atoms with Crippen molar-refractivity contribution in [2.45, 2.75) is 54.7 Å². The van der Waals surface area contributed by atoms with Crippen LogP contribution in [0.2, 0.25) is 10.0 Å². The first-order valence-corrected chi connectivity index (χ1v) is 13.8. The van der Waals surface area contributed by atoms with E-state index in [-0.39, 0.29) is 24.1 Å².